The van der Waals surface area contributed by atoms with Crippen molar-refractivity contribution < 1.29 is 4.79 Å². The van der Waals surface area contributed by atoms with Crippen LogP contribution in [0.5, 0.6) is 0 Å². The molecule has 2 unspecified atom stereocenters. The second-order valence-corrected chi connectivity index (χ2v) is 7.58. The van der Waals surface area contributed by atoms with E-state index < -0.39 is 5.54 Å². The van der Waals surface area contributed by atoms with Gasteiger partial charge in [-0.1, -0.05) is 29.3 Å². The maximum absolute atomic E-state index is 12.5. The SMILES string of the molecule is CC(C)(NC(=O)C1CC(C2CC2)NN1)c1ccc(Cl)c(Cl)c1. The molecule has 0 bridgehead atoms. The Hall–Kier alpha value is -0.810. The monoisotopic (exact) mass is 341 g/mol. The summed E-state index contributed by atoms with van der Waals surface area (Å²) < 4.78 is 0. The summed E-state index contributed by atoms with van der Waals surface area (Å²) in [5, 5.41) is 4.11. The lowest BCUT2D eigenvalue weighted by Gasteiger charge is -2.28. The van der Waals surface area contributed by atoms with Crippen molar-refractivity contribution in [2.45, 2.75) is 50.7 Å². The summed E-state index contributed by atoms with van der Waals surface area (Å²) in [6.45, 7) is 3.93. The lowest BCUT2D eigenvalue weighted by atomic mass is 9.93. The maximum atomic E-state index is 12.5. The molecule has 1 aromatic rings. The number of halogens is 2. The van der Waals surface area contributed by atoms with Crippen molar-refractivity contribution in [2.75, 3.05) is 0 Å². The van der Waals surface area contributed by atoms with Gasteiger partial charge in [-0.2, -0.15) is 0 Å². The Bertz CT molecular complexity index is 587. The second-order valence-electron chi connectivity index (χ2n) is 6.76. The summed E-state index contributed by atoms with van der Waals surface area (Å²) in [5.41, 5.74) is 6.78. The molecule has 1 aliphatic carbocycles. The first-order valence-electron chi connectivity index (χ1n) is 7.65. The van der Waals surface area contributed by atoms with Crippen LogP contribution < -0.4 is 16.2 Å². The van der Waals surface area contributed by atoms with Gasteiger partial charge in [0.15, 0.2) is 0 Å². The molecule has 1 saturated carbocycles. The highest BCUT2D eigenvalue weighted by Gasteiger charge is 2.39. The van der Waals surface area contributed by atoms with E-state index in [1.165, 1.54) is 12.8 Å². The zero-order chi connectivity index (χ0) is 15.9. The molecule has 1 heterocycles. The van der Waals surface area contributed by atoms with E-state index in [-0.39, 0.29) is 11.9 Å². The molecule has 1 saturated heterocycles. The molecule has 0 aromatic heterocycles. The average Bonchev–Trinajstić information content (AvgIpc) is 3.18. The molecule has 3 N–H and O–H groups in total. The minimum Gasteiger partial charge on any atom is -0.346 e. The Kier molecular flexibility index (Phi) is 4.38. The van der Waals surface area contributed by atoms with E-state index in [0.717, 1.165) is 17.9 Å². The first-order chi connectivity index (χ1) is 10.4. The predicted molar refractivity (Wildman–Crippen MR) is 88.8 cm³/mol. The van der Waals surface area contributed by atoms with Crippen molar-refractivity contribution in [1.82, 2.24) is 16.2 Å². The van der Waals surface area contributed by atoms with Crippen molar-refractivity contribution in [3.05, 3.63) is 33.8 Å². The van der Waals surface area contributed by atoms with E-state index in [2.05, 4.69) is 16.2 Å². The lowest BCUT2D eigenvalue weighted by molar-refractivity contribution is -0.124. The highest BCUT2D eigenvalue weighted by molar-refractivity contribution is 6.42. The summed E-state index contributed by atoms with van der Waals surface area (Å²) in [6, 6.07) is 5.68. The third-order valence-corrected chi connectivity index (χ3v) is 5.26. The van der Waals surface area contributed by atoms with Crippen LogP contribution in [0.1, 0.15) is 38.7 Å². The molecule has 3 rings (SSSR count). The normalized spacial score (nSPS) is 25.3. The number of hydrogen-bond acceptors (Lipinski definition) is 3. The van der Waals surface area contributed by atoms with E-state index in [0.29, 0.717) is 16.1 Å². The lowest BCUT2D eigenvalue weighted by Crippen LogP contribution is -2.50. The van der Waals surface area contributed by atoms with Gasteiger partial charge in [0.25, 0.3) is 0 Å². The van der Waals surface area contributed by atoms with Gasteiger partial charge in [0.2, 0.25) is 5.91 Å². The number of amides is 1. The number of rotatable bonds is 4. The van der Waals surface area contributed by atoms with Gasteiger partial charge in [-0.05, 0) is 56.7 Å². The number of carbonyl (C=O) groups excluding carboxylic acids is 1. The molecule has 1 aromatic carbocycles. The summed E-state index contributed by atoms with van der Waals surface area (Å²) in [5.74, 6) is 0.736. The highest BCUT2D eigenvalue weighted by Crippen LogP contribution is 2.36. The largest absolute Gasteiger partial charge is 0.346 e. The molecule has 1 amide bonds. The molecule has 4 nitrogen and oxygen atoms in total. The topological polar surface area (TPSA) is 53.2 Å². The quantitative estimate of drug-likeness (QED) is 0.789. The molecular formula is C16H21Cl2N3O. The van der Waals surface area contributed by atoms with E-state index in [4.69, 9.17) is 23.2 Å². The van der Waals surface area contributed by atoms with E-state index in [1.54, 1.807) is 12.1 Å². The fourth-order valence-corrected chi connectivity index (χ4v) is 3.21. The van der Waals surface area contributed by atoms with Crippen LogP contribution in [0.3, 0.4) is 0 Å². The van der Waals surface area contributed by atoms with Crippen LogP contribution in [0.4, 0.5) is 0 Å². The van der Waals surface area contributed by atoms with Gasteiger partial charge in [-0.25, -0.2) is 5.43 Å². The summed E-state index contributed by atoms with van der Waals surface area (Å²) in [4.78, 5) is 12.5. The third-order valence-electron chi connectivity index (χ3n) is 4.52. The molecule has 2 fully saturated rings. The highest BCUT2D eigenvalue weighted by atomic mass is 35.5. The standard InChI is InChI=1S/C16H21Cl2N3O/c1-16(2,10-5-6-11(17)12(18)7-10)19-15(22)14-8-13(20-21-14)9-3-4-9/h5-7,9,13-14,20-21H,3-4,8H2,1-2H3,(H,19,22). The average molecular weight is 342 g/mol. The minimum atomic E-state index is -0.509. The summed E-state index contributed by atoms with van der Waals surface area (Å²) >= 11 is 12.0. The van der Waals surface area contributed by atoms with Gasteiger partial charge in [0.1, 0.15) is 6.04 Å². The summed E-state index contributed by atoms with van der Waals surface area (Å²) in [6.07, 6.45) is 3.37. The van der Waals surface area contributed by atoms with E-state index >= 15 is 0 Å². The predicted octanol–water partition coefficient (Wildman–Crippen LogP) is 2.99. The minimum absolute atomic E-state index is 0.00622. The Labute approximate surface area is 140 Å². The Morgan fingerprint density at radius 1 is 1.23 bits per heavy atom. The van der Waals surface area contributed by atoms with Crippen molar-refractivity contribution in [3.63, 3.8) is 0 Å². The van der Waals surface area contributed by atoms with Gasteiger partial charge < -0.3 is 5.32 Å². The van der Waals surface area contributed by atoms with Gasteiger partial charge in [0, 0.05) is 6.04 Å². The van der Waals surface area contributed by atoms with Gasteiger partial charge in [-0.15, -0.1) is 0 Å². The number of hydrogen-bond donors (Lipinski definition) is 3. The van der Waals surface area contributed by atoms with Crippen LogP contribution in [0.2, 0.25) is 10.0 Å². The van der Waals surface area contributed by atoms with Crippen LogP contribution in [0.25, 0.3) is 0 Å². The van der Waals surface area contributed by atoms with Crippen molar-refractivity contribution in [1.29, 1.82) is 0 Å². The number of hydrazine groups is 1. The third kappa shape index (κ3) is 3.40. The molecule has 1 aliphatic heterocycles. The Morgan fingerprint density at radius 2 is 1.95 bits per heavy atom. The molecule has 6 heteroatoms. The Morgan fingerprint density at radius 3 is 2.59 bits per heavy atom. The Balaban J connectivity index is 1.65. The van der Waals surface area contributed by atoms with Gasteiger partial charge >= 0.3 is 0 Å². The van der Waals surface area contributed by atoms with Crippen LogP contribution in [0, 0.1) is 5.92 Å². The smallest absolute Gasteiger partial charge is 0.239 e. The molecule has 2 aliphatic rings. The molecule has 0 radical (unpaired) electrons. The van der Waals surface area contributed by atoms with Crippen molar-refractivity contribution in [2.24, 2.45) is 5.92 Å². The number of benzene rings is 1. The first kappa shape index (κ1) is 16.1. The van der Waals surface area contributed by atoms with Gasteiger partial charge in [0.05, 0.1) is 15.6 Å². The summed E-state index contributed by atoms with van der Waals surface area (Å²) in [7, 11) is 0. The second kappa shape index (κ2) is 6.00. The number of carbonyl (C=O) groups is 1. The molecule has 0 spiro atoms. The zero-order valence-corrected chi connectivity index (χ0v) is 14.3. The number of nitrogens with one attached hydrogen (secondary N) is 3. The molecular weight excluding hydrogens is 321 g/mol. The molecule has 120 valence electrons. The van der Waals surface area contributed by atoms with Crippen LogP contribution in [0.15, 0.2) is 18.2 Å². The molecule has 22 heavy (non-hydrogen) atoms. The maximum Gasteiger partial charge on any atom is 0.239 e. The zero-order valence-electron chi connectivity index (χ0n) is 12.7. The van der Waals surface area contributed by atoms with Crippen LogP contribution in [-0.2, 0) is 10.3 Å². The molecule has 2 atom stereocenters. The van der Waals surface area contributed by atoms with Gasteiger partial charge in [-0.3, -0.25) is 10.2 Å². The fraction of sp³-hybridized carbons (Fsp3) is 0.562. The fourth-order valence-electron chi connectivity index (χ4n) is 2.91. The van der Waals surface area contributed by atoms with Crippen LogP contribution >= 0.6 is 23.2 Å². The van der Waals surface area contributed by atoms with Crippen molar-refractivity contribution in [3.8, 4) is 0 Å². The first-order valence-corrected chi connectivity index (χ1v) is 8.41. The van der Waals surface area contributed by atoms with Crippen molar-refractivity contribution >= 4 is 29.1 Å². The van der Waals surface area contributed by atoms with Crippen LogP contribution in [-0.4, -0.2) is 18.0 Å². The van der Waals surface area contributed by atoms with E-state index in [1.807, 2.05) is 19.9 Å². The van der Waals surface area contributed by atoms with E-state index in [9.17, 15) is 4.79 Å².